The van der Waals surface area contributed by atoms with E-state index < -0.39 is 34.9 Å². The Kier molecular flexibility index (Phi) is 7.80. The highest BCUT2D eigenvalue weighted by molar-refractivity contribution is 7.89. The summed E-state index contributed by atoms with van der Waals surface area (Å²) in [5.41, 5.74) is 0.983. The molecular weight excluding hydrogens is 420 g/mol. The average Bonchev–Trinajstić information content (AvgIpc) is 2.79. The van der Waals surface area contributed by atoms with E-state index in [2.05, 4.69) is 10.0 Å². The van der Waals surface area contributed by atoms with Gasteiger partial charge in [-0.1, -0.05) is 48.6 Å². The monoisotopic (exact) mass is 446 g/mol. The van der Waals surface area contributed by atoms with Gasteiger partial charge in [0.1, 0.15) is 11.9 Å². The summed E-state index contributed by atoms with van der Waals surface area (Å²) in [6, 6.07) is 14.8. The molecule has 3 atom stereocenters. The lowest BCUT2D eigenvalue weighted by Gasteiger charge is -2.31. The molecule has 0 spiro atoms. The first-order valence-electron chi connectivity index (χ1n) is 9.83. The van der Waals surface area contributed by atoms with E-state index in [9.17, 15) is 18.3 Å². The van der Waals surface area contributed by atoms with Gasteiger partial charge in [0.05, 0.1) is 37.2 Å². The second kappa shape index (κ2) is 10.5. The maximum absolute atomic E-state index is 12.7. The maximum atomic E-state index is 12.7. The fourth-order valence-electron chi connectivity index (χ4n) is 3.18. The van der Waals surface area contributed by atoms with Crippen LogP contribution in [-0.2, 0) is 26.1 Å². The molecule has 0 fully saturated rings. The summed E-state index contributed by atoms with van der Waals surface area (Å²) in [5, 5.41) is 12.5. The summed E-state index contributed by atoms with van der Waals surface area (Å²) >= 11 is 0. The number of hydrogen-bond acceptors (Lipinski definition) is 6. The summed E-state index contributed by atoms with van der Waals surface area (Å²) < 4.78 is 38.8. The number of benzene rings is 2. The molecule has 0 unspecified atom stereocenters. The van der Waals surface area contributed by atoms with Gasteiger partial charge in [-0.3, -0.25) is 4.79 Å². The van der Waals surface area contributed by atoms with E-state index in [4.69, 9.17) is 9.47 Å². The summed E-state index contributed by atoms with van der Waals surface area (Å²) in [4.78, 5) is 12.3. The number of amides is 1. The van der Waals surface area contributed by atoms with Crippen LogP contribution in [0.25, 0.3) is 0 Å². The Hall–Kier alpha value is -2.72. The second-order valence-electron chi connectivity index (χ2n) is 7.07. The minimum Gasteiger partial charge on any atom is -0.497 e. The van der Waals surface area contributed by atoms with Crippen LogP contribution in [0.5, 0.6) is 5.75 Å². The van der Waals surface area contributed by atoms with Crippen LogP contribution in [0.15, 0.2) is 71.6 Å². The van der Waals surface area contributed by atoms with Crippen LogP contribution in [-0.4, -0.2) is 51.4 Å². The lowest BCUT2D eigenvalue weighted by atomic mass is 10.1. The van der Waals surface area contributed by atoms with Crippen molar-refractivity contribution in [2.75, 3.05) is 13.7 Å². The molecular formula is C22H26N2O6S. The number of methoxy groups -OCH3 is 1. The zero-order valence-electron chi connectivity index (χ0n) is 17.1. The number of carbonyl (C=O) groups excluding carboxylic acids is 1. The van der Waals surface area contributed by atoms with Crippen LogP contribution < -0.4 is 14.8 Å². The number of carbonyl (C=O) groups is 1. The Morgan fingerprint density at radius 1 is 1.13 bits per heavy atom. The third kappa shape index (κ3) is 6.38. The van der Waals surface area contributed by atoms with E-state index in [-0.39, 0.29) is 17.2 Å². The van der Waals surface area contributed by atoms with Gasteiger partial charge >= 0.3 is 0 Å². The normalized spacial score (nSPS) is 20.9. The van der Waals surface area contributed by atoms with Crippen molar-refractivity contribution in [1.82, 2.24) is 10.0 Å². The van der Waals surface area contributed by atoms with Crippen LogP contribution in [0.1, 0.15) is 12.0 Å². The average molecular weight is 447 g/mol. The highest BCUT2D eigenvalue weighted by Gasteiger charge is 2.31. The van der Waals surface area contributed by atoms with E-state index in [1.807, 2.05) is 30.3 Å². The molecule has 2 aromatic carbocycles. The van der Waals surface area contributed by atoms with Crippen molar-refractivity contribution >= 4 is 15.9 Å². The first-order chi connectivity index (χ1) is 14.9. The molecule has 0 radical (unpaired) electrons. The van der Waals surface area contributed by atoms with Crippen molar-refractivity contribution in [2.24, 2.45) is 0 Å². The molecule has 9 heteroatoms. The molecule has 1 amide bonds. The third-order valence-electron chi connectivity index (χ3n) is 4.82. The highest BCUT2D eigenvalue weighted by atomic mass is 32.2. The van der Waals surface area contributed by atoms with Gasteiger partial charge < -0.3 is 19.9 Å². The van der Waals surface area contributed by atoms with E-state index in [1.165, 1.54) is 19.2 Å². The number of aliphatic hydroxyl groups excluding tert-OH is 1. The van der Waals surface area contributed by atoms with E-state index in [1.54, 1.807) is 24.3 Å². The van der Waals surface area contributed by atoms with Crippen LogP contribution in [0.2, 0.25) is 0 Å². The maximum Gasteiger partial charge on any atom is 0.241 e. The number of ether oxygens (including phenoxy) is 2. The van der Waals surface area contributed by atoms with Crippen LogP contribution in [0, 0.1) is 0 Å². The van der Waals surface area contributed by atoms with Gasteiger partial charge in [-0.25, -0.2) is 13.1 Å². The van der Waals surface area contributed by atoms with Crippen molar-refractivity contribution in [1.29, 1.82) is 0 Å². The molecule has 8 nitrogen and oxygen atoms in total. The fraction of sp³-hybridized carbons (Fsp3) is 0.318. The minimum atomic E-state index is -3.87. The fourth-order valence-corrected chi connectivity index (χ4v) is 4.43. The predicted molar refractivity (Wildman–Crippen MR) is 115 cm³/mol. The van der Waals surface area contributed by atoms with Gasteiger partial charge in [-0.05, 0) is 17.7 Å². The van der Waals surface area contributed by atoms with Gasteiger partial charge in [0.2, 0.25) is 15.9 Å². The van der Waals surface area contributed by atoms with Crippen molar-refractivity contribution in [2.45, 2.75) is 36.1 Å². The number of hydrogen-bond donors (Lipinski definition) is 3. The first-order valence-corrected chi connectivity index (χ1v) is 11.3. The van der Waals surface area contributed by atoms with Crippen molar-refractivity contribution in [3.63, 3.8) is 0 Å². The Labute approximate surface area is 181 Å². The molecule has 0 saturated heterocycles. The first kappa shape index (κ1) is 23.0. The highest BCUT2D eigenvalue weighted by Crippen LogP contribution is 2.20. The molecule has 0 aliphatic carbocycles. The van der Waals surface area contributed by atoms with Crippen LogP contribution in [0.4, 0.5) is 0 Å². The molecule has 1 aliphatic rings. The quantitative estimate of drug-likeness (QED) is 0.502. The van der Waals surface area contributed by atoms with Crippen LogP contribution in [0.3, 0.4) is 0 Å². The Morgan fingerprint density at radius 3 is 2.61 bits per heavy atom. The predicted octanol–water partition coefficient (Wildman–Crippen LogP) is 1.36. The van der Waals surface area contributed by atoms with E-state index >= 15 is 0 Å². The topological polar surface area (TPSA) is 114 Å². The van der Waals surface area contributed by atoms with Crippen LogP contribution >= 0.6 is 0 Å². The zero-order chi connectivity index (χ0) is 22.3. The standard InChI is InChI=1S/C22H26N2O6S/c1-29-17-8-5-9-19(12-17)31(27,28)24-20-11-10-18(30-21(20)15-25)13-22(26)23-14-16-6-3-2-4-7-16/h2-12,18,20-21,24-25H,13-15H2,1H3,(H,23,26)/t18-,20-,21+/m1/s1. The number of nitrogens with one attached hydrogen (secondary N) is 2. The van der Waals surface area contributed by atoms with Gasteiger partial charge in [0.15, 0.2) is 0 Å². The Balaban J connectivity index is 1.60. The summed E-state index contributed by atoms with van der Waals surface area (Å²) in [7, 11) is -2.41. The van der Waals surface area contributed by atoms with Gasteiger partial charge in [-0.2, -0.15) is 0 Å². The molecule has 0 saturated carbocycles. The van der Waals surface area contributed by atoms with Crippen molar-refractivity contribution in [3.8, 4) is 5.75 Å². The summed E-state index contributed by atoms with van der Waals surface area (Å²) in [6.07, 6.45) is 1.92. The van der Waals surface area contributed by atoms with Gasteiger partial charge in [0.25, 0.3) is 0 Å². The number of aliphatic hydroxyl groups is 1. The third-order valence-corrected chi connectivity index (χ3v) is 6.28. The van der Waals surface area contributed by atoms with Crippen molar-refractivity contribution < 1.29 is 27.8 Å². The Morgan fingerprint density at radius 2 is 1.90 bits per heavy atom. The summed E-state index contributed by atoms with van der Waals surface area (Å²) in [6.45, 7) is 0.000268. The molecule has 1 aliphatic heterocycles. The number of sulfonamides is 1. The van der Waals surface area contributed by atoms with Crippen molar-refractivity contribution in [3.05, 3.63) is 72.3 Å². The minimum absolute atomic E-state index is 0.0411. The summed E-state index contributed by atoms with van der Waals surface area (Å²) in [5.74, 6) is 0.212. The molecule has 1 heterocycles. The molecule has 3 N–H and O–H groups in total. The SMILES string of the molecule is COc1cccc(S(=O)(=O)N[C@@H]2C=C[C@H](CC(=O)NCc3ccccc3)O[C@H]2CO)c1. The lowest BCUT2D eigenvalue weighted by Crippen LogP contribution is -2.49. The second-order valence-corrected chi connectivity index (χ2v) is 8.79. The van der Waals surface area contributed by atoms with E-state index in [0.717, 1.165) is 5.56 Å². The smallest absolute Gasteiger partial charge is 0.241 e. The molecule has 3 rings (SSSR count). The molecule has 0 aromatic heterocycles. The molecule has 31 heavy (non-hydrogen) atoms. The lowest BCUT2D eigenvalue weighted by molar-refractivity contribution is -0.125. The molecule has 0 bridgehead atoms. The Bertz CT molecular complexity index is 1010. The molecule has 166 valence electrons. The zero-order valence-corrected chi connectivity index (χ0v) is 17.9. The molecule has 2 aromatic rings. The number of rotatable bonds is 9. The van der Waals surface area contributed by atoms with E-state index in [0.29, 0.717) is 12.3 Å². The van der Waals surface area contributed by atoms with Gasteiger partial charge in [0, 0.05) is 12.6 Å². The largest absolute Gasteiger partial charge is 0.497 e. The van der Waals surface area contributed by atoms with Gasteiger partial charge in [-0.15, -0.1) is 0 Å².